The van der Waals surface area contributed by atoms with Crippen molar-refractivity contribution in [2.75, 3.05) is 6.61 Å². The van der Waals surface area contributed by atoms with Gasteiger partial charge in [-0.2, -0.15) is 0 Å². The van der Waals surface area contributed by atoms with Crippen LogP contribution in [0.5, 0.6) is 0 Å². The molecule has 14 heavy (non-hydrogen) atoms. The van der Waals surface area contributed by atoms with Crippen molar-refractivity contribution in [1.82, 2.24) is 0 Å². The van der Waals surface area contributed by atoms with E-state index >= 15 is 0 Å². The topological polar surface area (TPSA) is 63.4 Å². The average Bonchev–Trinajstić information content (AvgIpc) is 2.30. The largest absolute Gasteiger partial charge is 0.396 e. The van der Waals surface area contributed by atoms with E-state index in [1.165, 1.54) is 0 Å². The van der Waals surface area contributed by atoms with E-state index in [0.717, 1.165) is 5.57 Å². The van der Waals surface area contributed by atoms with E-state index in [1.807, 2.05) is 6.08 Å². The van der Waals surface area contributed by atoms with Crippen LogP contribution in [-0.2, 0) is 0 Å². The highest BCUT2D eigenvalue weighted by molar-refractivity contribution is 5.34. The Morgan fingerprint density at radius 3 is 2.86 bits per heavy atom. The smallest absolute Gasteiger partial charge is 0.252 e. The molecule has 1 aliphatic rings. The first-order valence-corrected chi connectivity index (χ1v) is 4.45. The monoisotopic (exact) mass is 195 g/mol. The van der Waals surface area contributed by atoms with E-state index in [1.54, 1.807) is 25.2 Å². The molecule has 0 fully saturated rings. The summed E-state index contributed by atoms with van der Waals surface area (Å²) in [6.45, 7) is 1.75. The summed E-state index contributed by atoms with van der Waals surface area (Å²) in [5.74, 6) is 0. The normalized spacial score (nSPS) is 21.1. The minimum atomic E-state index is -0.758. The third kappa shape index (κ3) is 2.29. The van der Waals surface area contributed by atoms with E-state index in [2.05, 4.69) is 0 Å². The minimum absolute atomic E-state index is 0.0153. The van der Waals surface area contributed by atoms with Gasteiger partial charge in [0.15, 0.2) is 0 Å². The van der Waals surface area contributed by atoms with E-state index in [-0.39, 0.29) is 11.5 Å². The van der Waals surface area contributed by atoms with Crippen LogP contribution in [0.1, 0.15) is 13.3 Å². The van der Waals surface area contributed by atoms with Crippen molar-refractivity contribution in [3.8, 4) is 0 Å². The van der Waals surface area contributed by atoms with Crippen LogP contribution < -0.4 is 0 Å². The summed E-state index contributed by atoms with van der Waals surface area (Å²) >= 11 is 0. The molecular formula is C10H13NO3. The standard InChI is InChI=1S/C10H13NO3/c1-8-9(6-7-12)4-2-3-5-10(8)11(13)14/h2-5,10,12H,6-7H2,1H3. The number of aliphatic hydroxyl groups is 1. The number of rotatable bonds is 3. The van der Waals surface area contributed by atoms with Gasteiger partial charge in [-0.25, -0.2) is 0 Å². The van der Waals surface area contributed by atoms with Crippen molar-refractivity contribution in [2.24, 2.45) is 0 Å². The fraction of sp³-hybridized carbons (Fsp3) is 0.400. The zero-order valence-corrected chi connectivity index (χ0v) is 8.01. The third-order valence-corrected chi connectivity index (χ3v) is 2.26. The second kappa shape index (κ2) is 4.72. The van der Waals surface area contributed by atoms with Crippen molar-refractivity contribution in [3.05, 3.63) is 45.6 Å². The molecule has 76 valence electrons. The van der Waals surface area contributed by atoms with Crippen molar-refractivity contribution >= 4 is 0 Å². The lowest BCUT2D eigenvalue weighted by Crippen LogP contribution is -2.18. The van der Waals surface area contributed by atoms with E-state index < -0.39 is 6.04 Å². The Balaban J connectivity index is 2.99. The number of hydrogen-bond acceptors (Lipinski definition) is 3. The molecule has 0 saturated heterocycles. The highest BCUT2D eigenvalue weighted by Gasteiger charge is 2.21. The van der Waals surface area contributed by atoms with Crippen LogP contribution in [0.4, 0.5) is 0 Å². The second-order valence-electron chi connectivity index (χ2n) is 3.16. The third-order valence-electron chi connectivity index (χ3n) is 2.26. The predicted octanol–water partition coefficient (Wildman–Crippen LogP) is 1.46. The van der Waals surface area contributed by atoms with Crippen LogP contribution in [0.2, 0.25) is 0 Å². The van der Waals surface area contributed by atoms with Crippen molar-refractivity contribution in [3.63, 3.8) is 0 Å². The van der Waals surface area contributed by atoms with Gasteiger partial charge in [-0.1, -0.05) is 18.2 Å². The van der Waals surface area contributed by atoms with Crippen molar-refractivity contribution in [1.29, 1.82) is 0 Å². The lowest BCUT2D eigenvalue weighted by Gasteiger charge is -2.08. The van der Waals surface area contributed by atoms with Gasteiger partial charge in [0.1, 0.15) is 0 Å². The van der Waals surface area contributed by atoms with Gasteiger partial charge in [-0.05, 0) is 25.0 Å². The van der Waals surface area contributed by atoms with Gasteiger partial charge in [0.2, 0.25) is 0 Å². The molecule has 0 aromatic heterocycles. The summed E-state index contributed by atoms with van der Waals surface area (Å²) in [6, 6.07) is -0.758. The maximum atomic E-state index is 10.7. The van der Waals surface area contributed by atoms with E-state index in [0.29, 0.717) is 12.0 Å². The molecule has 0 heterocycles. The van der Waals surface area contributed by atoms with Crippen LogP contribution in [0.3, 0.4) is 0 Å². The molecule has 0 aromatic carbocycles. The van der Waals surface area contributed by atoms with Gasteiger partial charge in [-0.3, -0.25) is 10.1 Å². The Morgan fingerprint density at radius 2 is 2.29 bits per heavy atom. The maximum absolute atomic E-state index is 10.7. The summed E-state index contributed by atoms with van der Waals surface area (Å²) in [5, 5.41) is 19.5. The van der Waals surface area contributed by atoms with Gasteiger partial charge >= 0.3 is 0 Å². The number of aliphatic hydroxyl groups excluding tert-OH is 1. The number of nitro groups is 1. The van der Waals surface area contributed by atoms with Gasteiger partial charge in [-0.15, -0.1) is 0 Å². The molecule has 4 heteroatoms. The average molecular weight is 195 g/mol. The quantitative estimate of drug-likeness (QED) is 0.547. The molecule has 1 aliphatic carbocycles. The van der Waals surface area contributed by atoms with Crippen LogP contribution in [0.25, 0.3) is 0 Å². The molecule has 4 nitrogen and oxygen atoms in total. The molecule has 1 atom stereocenters. The second-order valence-corrected chi connectivity index (χ2v) is 3.16. The molecule has 0 aromatic rings. The summed E-state index contributed by atoms with van der Waals surface area (Å²) in [4.78, 5) is 10.4. The fourth-order valence-corrected chi connectivity index (χ4v) is 1.44. The molecule has 0 saturated carbocycles. The van der Waals surface area contributed by atoms with Crippen LogP contribution in [-0.4, -0.2) is 22.7 Å². The summed E-state index contributed by atoms with van der Waals surface area (Å²) < 4.78 is 0. The fourth-order valence-electron chi connectivity index (χ4n) is 1.44. The Bertz CT molecular complexity index is 315. The van der Waals surface area contributed by atoms with Crippen LogP contribution in [0, 0.1) is 10.1 Å². The van der Waals surface area contributed by atoms with E-state index in [9.17, 15) is 10.1 Å². The Labute approximate surface area is 82.4 Å². The highest BCUT2D eigenvalue weighted by Crippen LogP contribution is 2.19. The lowest BCUT2D eigenvalue weighted by atomic mass is 10.0. The van der Waals surface area contributed by atoms with Crippen molar-refractivity contribution < 1.29 is 10.0 Å². The molecular weight excluding hydrogens is 182 g/mol. The summed E-state index contributed by atoms with van der Waals surface area (Å²) in [7, 11) is 0. The van der Waals surface area contributed by atoms with Crippen molar-refractivity contribution in [2.45, 2.75) is 19.4 Å². The summed E-state index contributed by atoms with van der Waals surface area (Å²) in [5.41, 5.74) is 1.55. The first kappa shape index (κ1) is 10.7. The van der Waals surface area contributed by atoms with Gasteiger partial charge < -0.3 is 5.11 Å². The molecule has 0 radical (unpaired) electrons. The van der Waals surface area contributed by atoms with Gasteiger partial charge in [0, 0.05) is 17.1 Å². The van der Waals surface area contributed by atoms with Gasteiger partial charge in [0.05, 0.1) is 0 Å². The zero-order chi connectivity index (χ0) is 10.6. The molecule has 1 unspecified atom stereocenters. The predicted molar refractivity (Wildman–Crippen MR) is 53.5 cm³/mol. The SMILES string of the molecule is CC1=C(CCO)C=CC=CC1[N+](=O)[O-]. The Kier molecular flexibility index (Phi) is 3.59. The zero-order valence-electron chi connectivity index (χ0n) is 8.01. The summed E-state index contributed by atoms with van der Waals surface area (Å²) in [6.07, 6.45) is 7.26. The molecule has 0 bridgehead atoms. The minimum Gasteiger partial charge on any atom is -0.396 e. The van der Waals surface area contributed by atoms with E-state index in [4.69, 9.17) is 5.11 Å². The first-order chi connectivity index (χ1) is 6.66. The molecule has 0 aliphatic heterocycles. The Morgan fingerprint density at radius 1 is 1.57 bits per heavy atom. The Hall–Kier alpha value is -1.42. The van der Waals surface area contributed by atoms with Gasteiger partial charge in [0.25, 0.3) is 6.04 Å². The molecule has 0 spiro atoms. The molecule has 1 N–H and O–H groups in total. The first-order valence-electron chi connectivity index (χ1n) is 4.45. The molecule has 1 rings (SSSR count). The number of allylic oxidation sites excluding steroid dienone is 3. The maximum Gasteiger partial charge on any atom is 0.252 e. The van der Waals surface area contributed by atoms with Crippen LogP contribution >= 0.6 is 0 Å². The number of hydrogen-bond donors (Lipinski definition) is 1. The lowest BCUT2D eigenvalue weighted by molar-refractivity contribution is -0.499. The van der Waals surface area contributed by atoms with Crippen LogP contribution in [0.15, 0.2) is 35.5 Å². The molecule has 0 amide bonds. The number of nitrogens with zero attached hydrogens (tertiary/aromatic N) is 1. The highest BCUT2D eigenvalue weighted by atomic mass is 16.6.